The molecule has 90 valence electrons. The number of unbranched alkanes of at least 4 members (excludes halogenated alkanes) is 5. The van der Waals surface area contributed by atoms with Crippen LogP contribution in [0.15, 0.2) is 0 Å². The zero-order valence-corrected chi connectivity index (χ0v) is 11.3. The Morgan fingerprint density at radius 2 is 1.47 bits per heavy atom. The summed E-state index contributed by atoms with van der Waals surface area (Å²) in [6.07, 6.45) is 16.9. The smallest absolute Gasteiger partial charge is 0.0130 e. The van der Waals surface area contributed by atoms with Crippen molar-refractivity contribution in [2.75, 3.05) is 0 Å². The van der Waals surface area contributed by atoms with E-state index in [1.807, 2.05) is 0 Å². The Morgan fingerprint density at radius 1 is 0.867 bits per heavy atom. The standard InChI is InChI=1S/C14H28S/c1-2-3-4-5-6-8-11-14(15)12-9-7-10-13-14/h15H,2-13H2,1H3. The highest BCUT2D eigenvalue weighted by molar-refractivity contribution is 7.81. The van der Waals surface area contributed by atoms with Crippen LogP contribution in [0.4, 0.5) is 0 Å². The van der Waals surface area contributed by atoms with E-state index in [-0.39, 0.29) is 0 Å². The minimum Gasteiger partial charge on any atom is -0.173 e. The Balaban J connectivity index is 1.98. The van der Waals surface area contributed by atoms with Crippen molar-refractivity contribution in [2.45, 2.75) is 88.7 Å². The molecule has 0 aromatic rings. The summed E-state index contributed by atoms with van der Waals surface area (Å²) in [4.78, 5) is 0. The molecule has 1 saturated carbocycles. The van der Waals surface area contributed by atoms with Crippen molar-refractivity contribution in [3.05, 3.63) is 0 Å². The third-order valence-corrected chi connectivity index (χ3v) is 4.45. The fraction of sp³-hybridized carbons (Fsp3) is 1.00. The number of thiol groups is 1. The minimum absolute atomic E-state index is 0.420. The highest BCUT2D eigenvalue weighted by atomic mass is 32.1. The lowest BCUT2D eigenvalue weighted by molar-refractivity contribution is 0.368. The predicted octanol–water partition coefficient (Wildman–Crippen LogP) is 5.37. The molecule has 0 amide bonds. The van der Waals surface area contributed by atoms with Gasteiger partial charge in [-0.25, -0.2) is 0 Å². The van der Waals surface area contributed by atoms with Crippen LogP contribution in [0.1, 0.15) is 84.0 Å². The summed E-state index contributed by atoms with van der Waals surface area (Å²) >= 11 is 4.89. The molecule has 0 radical (unpaired) electrons. The van der Waals surface area contributed by atoms with Gasteiger partial charge in [-0.3, -0.25) is 0 Å². The summed E-state index contributed by atoms with van der Waals surface area (Å²) in [5.74, 6) is 0. The van der Waals surface area contributed by atoms with Gasteiger partial charge in [-0.1, -0.05) is 64.7 Å². The van der Waals surface area contributed by atoms with Crippen LogP contribution in [-0.4, -0.2) is 4.75 Å². The van der Waals surface area contributed by atoms with Crippen LogP contribution in [0.25, 0.3) is 0 Å². The van der Waals surface area contributed by atoms with Crippen LogP contribution < -0.4 is 0 Å². The van der Waals surface area contributed by atoms with Crippen molar-refractivity contribution in [3.8, 4) is 0 Å². The molecule has 0 unspecified atom stereocenters. The van der Waals surface area contributed by atoms with Gasteiger partial charge in [0.1, 0.15) is 0 Å². The van der Waals surface area contributed by atoms with Crippen molar-refractivity contribution in [3.63, 3.8) is 0 Å². The SMILES string of the molecule is CCCCCCCCC1(S)CCCCC1. The zero-order chi connectivity index (χ0) is 11.0. The van der Waals surface area contributed by atoms with Gasteiger partial charge < -0.3 is 0 Å². The molecule has 1 aliphatic carbocycles. The molecule has 0 aromatic heterocycles. The van der Waals surface area contributed by atoms with Crippen molar-refractivity contribution < 1.29 is 0 Å². The molecule has 1 heteroatoms. The summed E-state index contributed by atoms with van der Waals surface area (Å²) in [7, 11) is 0. The molecule has 0 nitrogen and oxygen atoms in total. The van der Waals surface area contributed by atoms with E-state index in [0.29, 0.717) is 4.75 Å². The highest BCUT2D eigenvalue weighted by Gasteiger charge is 2.26. The van der Waals surface area contributed by atoms with Gasteiger partial charge in [-0.05, 0) is 19.3 Å². The molecule has 1 aliphatic rings. The first-order chi connectivity index (χ1) is 7.27. The maximum atomic E-state index is 4.89. The Hall–Kier alpha value is 0.350. The fourth-order valence-corrected chi connectivity index (χ4v) is 3.17. The van der Waals surface area contributed by atoms with Crippen LogP contribution in [0.2, 0.25) is 0 Å². The molecule has 15 heavy (non-hydrogen) atoms. The zero-order valence-electron chi connectivity index (χ0n) is 10.4. The molecule has 1 fully saturated rings. The van der Waals surface area contributed by atoms with Gasteiger partial charge in [0.2, 0.25) is 0 Å². The van der Waals surface area contributed by atoms with E-state index in [1.54, 1.807) is 0 Å². The summed E-state index contributed by atoms with van der Waals surface area (Å²) in [6.45, 7) is 2.28. The van der Waals surface area contributed by atoms with Crippen molar-refractivity contribution in [1.82, 2.24) is 0 Å². The predicted molar refractivity (Wildman–Crippen MR) is 72.8 cm³/mol. The fourth-order valence-electron chi connectivity index (χ4n) is 2.69. The number of hydrogen-bond acceptors (Lipinski definition) is 1. The van der Waals surface area contributed by atoms with Gasteiger partial charge in [0, 0.05) is 4.75 Å². The Kier molecular flexibility index (Phi) is 6.79. The normalized spacial score (nSPS) is 20.4. The average Bonchev–Trinajstić information content (AvgIpc) is 2.24. The topological polar surface area (TPSA) is 0 Å². The lowest BCUT2D eigenvalue weighted by Crippen LogP contribution is -2.24. The minimum atomic E-state index is 0.420. The van der Waals surface area contributed by atoms with E-state index in [4.69, 9.17) is 12.6 Å². The summed E-state index contributed by atoms with van der Waals surface area (Å²) in [5.41, 5.74) is 0. The molecule has 0 N–H and O–H groups in total. The van der Waals surface area contributed by atoms with E-state index in [9.17, 15) is 0 Å². The first-order valence-corrected chi connectivity index (χ1v) is 7.44. The third-order valence-electron chi connectivity index (χ3n) is 3.78. The maximum absolute atomic E-state index is 4.89. The first kappa shape index (κ1) is 13.4. The van der Waals surface area contributed by atoms with Crippen LogP contribution in [0.5, 0.6) is 0 Å². The Bertz CT molecular complexity index is 147. The Morgan fingerprint density at radius 3 is 2.13 bits per heavy atom. The van der Waals surface area contributed by atoms with E-state index in [2.05, 4.69) is 6.92 Å². The molecular formula is C14H28S. The lowest BCUT2D eigenvalue weighted by atomic mass is 9.84. The molecule has 0 heterocycles. The molecular weight excluding hydrogens is 200 g/mol. The monoisotopic (exact) mass is 228 g/mol. The second-order valence-corrected chi connectivity index (χ2v) is 6.25. The van der Waals surface area contributed by atoms with Gasteiger partial charge in [0.15, 0.2) is 0 Å². The average molecular weight is 228 g/mol. The van der Waals surface area contributed by atoms with Gasteiger partial charge in [0.05, 0.1) is 0 Å². The quantitative estimate of drug-likeness (QED) is 0.439. The first-order valence-electron chi connectivity index (χ1n) is 6.99. The summed E-state index contributed by atoms with van der Waals surface area (Å²) in [6, 6.07) is 0. The van der Waals surface area contributed by atoms with Crippen molar-refractivity contribution >= 4 is 12.6 Å². The molecule has 0 atom stereocenters. The Labute approximate surface area is 102 Å². The van der Waals surface area contributed by atoms with E-state index in [0.717, 1.165) is 0 Å². The second kappa shape index (κ2) is 7.60. The van der Waals surface area contributed by atoms with Gasteiger partial charge in [-0.2, -0.15) is 12.6 Å². The number of rotatable bonds is 7. The highest BCUT2D eigenvalue weighted by Crippen LogP contribution is 2.37. The number of hydrogen-bond donors (Lipinski definition) is 1. The summed E-state index contributed by atoms with van der Waals surface area (Å²) < 4.78 is 0.420. The summed E-state index contributed by atoms with van der Waals surface area (Å²) in [5, 5.41) is 0. The van der Waals surface area contributed by atoms with Crippen LogP contribution >= 0.6 is 12.6 Å². The van der Waals surface area contributed by atoms with E-state index < -0.39 is 0 Å². The van der Waals surface area contributed by atoms with Gasteiger partial charge in [-0.15, -0.1) is 0 Å². The largest absolute Gasteiger partial charge is 0.173 e. The molecule has 0 bridgehead atoms. The third kappa shape index (κ3) is 5.85. The van der Waals surface area contributed by atoms with Crippen LogP contribution in [-0.2, 0) is 0 Å². The molecule has 0 aromatic carbocycles. The van der Waals surface area contributed by atoms with Crippen LogP contribution in [0, 0.1) is 0 Å². The molecule has 1 rings (SSSR count). The second-order valence-electron chi connectivity index (χ2n) is 5.30. The molecule has 0 aliphatic heterocycles. The lowest BCUT2D eigenvalue weighted by Gasteiger charge is -2.32. The van der Waals surface area contributed by atoms with Crippen molar-refractivity contribution in [1.29, 1.82) is 0 Å². The van der Waals surface area contributed by atoms with Crippen molar-refractivity contribution in [2.24, 2.45) is 0 Å². The maximum Gasteiger partial charge on any atom is 0.0130 e. The van der Waals surface area contributed by atoms with Gasteiger partial charge >= 0.3 is 0 Å². The molecule has 0 spiro atoms. The van der Waals surface area contributed by atoms with Crippen LogP contribution in [0.3, 0.4) is 0 Å². The van der Waals surface area contributed by atoms with Gasteiger partial charge in [0.25, 0.3) is 0 Å². The van der Waals surface area contributed by atoms with E-state index >= 15 is 0 Å². The van der Waals surface area contributed by atoms with E-state index in [1.165, 1.54) is 77.0 Å². The molecule has 0 saturated heterocycles.